The summed E-state index contributed by atoms with van der Waals surface area (Å²) in [7, 11) is 1.40. The SMILES string of the molecule is CNC(=O)c1coc(C(=O)N(CCCc2ccccc2)C(=O)N(CCC(C)C)C(=O)O)n1. The van der Waals surface area contributed by atoms with Crippen molar-refractivity contribution >= 4 is 23.9 Å². The molecule has 1 aromatic carbocycles. The zero-order valence-electron chi connectivity index (χ0n) is 18.4. The highest BCUT2D eigenvalue weighted by molar-refractivity contribution is 6.05. The summed E-state index contributed by atoms with van der Waals surface area (Å²) in [6.07, 6.45) is 0.986. The largest absolute Gasteiger partial charge is 0.465 e. The highest BCUT2D eigenvalue weighted by Crippen LogP contribution is 2.13. The number of carbonyl (C=O) groups excluding carboxylic acids is 3. The monoisotopic (exact) mass is 444 g/mol. The third-order valence-corrected chi connectivity index (χ3v) is 4.70. The van der Waals surface area contributed by atoms with Crippen LogP contribution in [0.15, 0.2) is 41.0 Å². The number of hydrogen-bond acceptors (Lipinski definition) is 6. The standard InChI is InChI=1S/C22H28N4O6/c1-15(2)11-13-26(22(30)31)21(29)25(12-7-10-16-8-5-4-6-9-16)20(28)19-24-17(14-32-19)18(27)23-3/h4-6,8-9,14-15H,7,10-13H2,1-3H3,(H,23,27)(H,30,31). The maximum Gasteiger partial charge on any atom is 0.415 e. The van der Waals surface area contributed by atoms with Crippen LogP contribution < -0.4 is 5.32 Å². The predicted octanol–water partition coefficient (Wildman–Crippen LogP) is 3.26. The summed E-state index contributed by atoms with van der Waals surface area (Å²) in [5.41, 5.74) is 0.891. The summed E-state index contributed by atoms with van der Waals surface area (Å²) in [6, 6.07) is 8.52. The van der Waals surface area contributed by atoms with E-state index in [1.807, 2.05) is 44.2 Å². The van der Waals surface area contributed by atoms with Crippen molar-refractivity contribution in [2.45, 2.75) is 33.1 Å². The van der Waals surface area contributed by atoms with E-state index in [2.05, 4.69) is 10.3 Å². The summed E-state index contributed by atoms with van der Waals surface area (Å²) < 4.78 is 5.10. The van der Waals surface area contributed by atoms with E-state index >= 15 is 0 Å². The van der Waals surface area contributed by atoms with Gasteiger partial charge in [0.2, 0.25) is 0 Å². The Morgan fingerprint density at radius 1 is 1.09 bits per heavy atom. The molecule has 5 amide bonds. The van der Waals surface area contributed by atoms with Crippen LogP contribution in [0.25, 0.3) is 0 Å². The first-order valence-electron chi connectivity index (χ1n) is 10.3. The number of aryl methyl sites for hydroxylation is 1. The number of imide groups is 2. The lowest BCUT2D eigenvalue weighted by molar-refractivity contribution is 0.0715. The second kappa shape index (κ2) is 11.6. The van der Waals surface area contributed by atoms with Crippen molar-refractivity contribution < 1.29 is 28.7 Å². The van der Waals surface area contributed by atoms with Gasteiger partial charge in [0.15, 0.2) is 5.69 Å². The van der Waals surface area contributed by atoms with Crippen molar-refractivity contribution in [2.24, 2.45) is 5.92 Å². The van der Waals surface area contributed by atoms with E-state index in [1.165, 1.54) is 7.05 Å². The topological polar surface area (TPSA) is 133 Å². The Hall–Kier alpha value is -3.69. The van der Waals surface area contributed by atoms with Crippen LogP contribution in [0.3, 0.4) is 0 Å². The normalized spacial score (nSPS) is 10.6. The molecule has 0 aliphatic carbocycles. The highest BCUT2D eigenvalue weighted by atomic mass is 16.4. The summed E-state index contributed by atoms with van der Waals surface area (Å²) in [5.74, 6) is -1.77. The summed E-state index contributed by atoms with van der Waals surface area (Å²) in [4.78, 5) is 54.8. The van der Waals surface area contributed by atoms with E-state index in [1.54, 1.807) is 0 Å². The van der Waals surface area contributed by atoms with Crippen molar-refractivity contribution in [2.75, 3.05) is 20.1 Å². The average Bonchev–Trinajstić information content (AvgIpc) is 3.26. The number of nitrogens with zero attached hydrogens (tertiary/aromatic N) is 3. The van der Waals surface area contributed by atoms with E-state index < -0.39 is 29.8 Å². The zero-order chi connectivity index (χ0) is 23.7. The molecule has 0 spiro atoms. The van der Waals surface area contributed by atoms with Crippen LogP contribution in [0.1, 0.15) is 53.4 Å². The average molecular weight is 444 g/mol. The number of benzene rings is 1. The molecule has 0 saturated heterocycles. The molecule has 1 heterocycles. The van der Waals surface area contributed by atoms with Crippen molar-refractivity contribution in [1.82, 2.24) is 20.1 Å². The van der Waals surface area contributed by atoms with Crippen molar-refractivity contribution in [3.8, 4) is 0 Å². The van der Waals surface area contributed by atoms with Crippen LogP contribution in [0, 0.1) is 5.92 Å². The van der Waals surface area contributed by atoms with E-state index in [0.717, 1.165) is 16.7 Å². The molecule has 0 fully saturated rings. The highest BCUT2D eigenvalue weighted by Gasteiger charge is 2.33. The minimum atomic E-state index is -1.45. The van der Waals surface area contributed by atoms with Crippen LogP contribution >= 0.6 is 0 Å². The minimum Gasteiger partial charge on any atom is -0.465 e. The molecule has 2 aromatic rings. The second-order valence-corrected chi connectivity index (χ2v) is 7.56. The zero-order valence-corrected chi connectivity index (χ0v) is 18.4. The van der Waals surface area contributed by atoms with Gasteiger partial charge in [0.25, 0.3) is 11.8 Å². The lowest BCUT2D eigenvalue weighted by Gasteiger charge is -2.26. The fraction of sp³-hybridized carbons (Fsp3) is 0.409. The quantitative estimate of drug-likeness (QED) is 0.606. The van der Waals surface area contributed by atoms with Crippen LogP contribution in [-0.4, -0.2) is 64.0 Å². The van der Waals surface area contributed by atoms with Gasteiger partial charge in [0, 0.05) is 20.1 Å². The van der Waals surface area contributed by atoms with E-state index in [-0.39, 0.29) is 24.7 Å². The number of aromatic nitrogens is 1. The molecule has 0 unspecified atom stereocenters. The number of rotatable bonds is 9. The molecule has 172 valence electrons. The van der Waals surface area contributed by atoms with Gasteiger partial charge < -0.3 is 14.8 Å². The van der Waals surface area contributed by atoms with Gasteiger partial charge in [0.05, 0.1) is 0 Å². The van der Waals surface area contributed by atoms with Gasteiger partial charge >= 0.3 is 18.0 Å². The van der Waals surface area contributed by atoms with Crippen LogP contribution in [0.5, 0.6) is 0 Å². The number of oxazole rings is 1. The first-order chi connectivity index (χ1) is 15.2. The fourth-order valence-corrected chi connectivity index (χ4v) is 2.90. The summed E-state index contributed by atoms with van der Waals surface area (Å²) in [5, 5.41) is 11.9. The molecular formula is C22H28N4O6. The van der Waals surface area contributed by atoms with Gasteiger partial charge in [-0.1, -0.05) is 44.2 Å². The minimum absolute atomic E-state index is 0.0459. The van der Waals surface area contributed by atoms with E-state index in [0.29, 0.717) is 24.2 Å². The Labute approximate surface area is 186 Å². The van der Waals surface area contributed by atoms with Crippen LogP contribution in [0.4, 0.5) is 9.59 Å². The lowest BCUT2D eigenvalue weighted by atomic mass is 10.1. The second-order valence-electron chi connectivity index (χ2n) is 7.56. The number of carbonyl (C=O) groups is 4. The summed E-state index contributed by atoms with van der Waals surface area (Å²) in [6.45, 7) is 3.71. The van der Waals surface area contributed by atoms with Gasteiger partial charge in [-0.3, -0.25) is 14.5 Å². The molecule has 1 aromatic heterocycles. The van der Waals surface area contributed by atoms with Gasteiger partial charge in [0.1, 0.15) is 6.26 Å². The van der Waals surface area contributed by atoms with Gasteiger partial charge in [-0.15, -0.1) is 0 Å². The Morgan fingerprint density at radius 3 is 2.38 bits per heavy atom. The number of hydrogen-bond donors (Lipinski definition) is 2. The van der Waals surface area contributed by atoms with E-state index in [4.69, 9.17) is 4.42 Å². The molecule has 32 heavy (non-hydrogen) atoms. The Bertz CT molecular complexity index is 941. The van der Waals surface area contributed by atoms with Crippen LogP contribution in [0.2, 0.25) is 0 Å². The van der Waals surface area contributed by atoms with Crippen molar-refractivity contribution in [1.29, 1.82) is 0 Å². The molecule has 0 aliphatic rings. The lowest BCUT2D eigenvalue weighted by Crippen LogP contribution is -2.49. The third-order valence-electron chi connectivity index (χ3n) is 4.70. The first kappa shape index (κ1) is 24.6. The van der Waals surface area contributed by atoms with Crippen LogP contribution in [-0.2, 0) is 6.42 Å². The predicted molar refractivity (Wildman–Crippen MR) is 115 cm³/mol. The molecule has 0 aliphatic heterocycles. The molecule has 2 rings (SSSR count). The van der Waals surface area contributed by atoms with Crippen molar-refractivity contribution in [3.05, 3.63) is 53.7 Å². The maximum absolute atomic E-state index is 13.1. The third kappa shape index (κ3) is 6.66. The molecule has 0 saturated carbocycles. The number of amides is 5. The first-order valence-corrected chi connectivity index (χ1v) is 10.3. The number of urea groups is 1. The molecule has 10 heteroatoms. The molecule has 10 nitrogen and oxygen atoms in total. The van der Waals surface area contributed by atoms with Gasteiger partial charge in [-0.05, 0) is 30.7 Å². The Kier molecular flexibility index (Phi) is 8.94. The van der Waals surface area contributed by atoms with Crippen molar-refractivity contribution in [3.63, 3.8) is 0 Å². The fourth-order valence-electron chi connectivity index (χ4n) is 2.90. The summed E-state index contributed by atoms with van der Waals surface area (Å²) >= 11 is 0. The number of carboxylic acid groups (broad SMARTS) is 1. The Morgan fingerprint density at radius 2 is 1.78 bits per heavy atom. The molecular weight excluding hydrogens is 416 g/mol. The molecule has 0 radical (unpaired) electrons. The smallest absolute Gasteiger partial charge is 0.415 e. The molecule has 0 atom stereocenters. The molecule has 2 N–H and O–H groups in total. The van der Waals surface area contributed by atoms with Gasteiger partial charge in [-0.2, -0.15) is 4.98 Å². The Balaban J connectivity index is 2.24. The molecule has 0 bridgehead atoms. The van der Waals surface area contributed by atoms with E-state index in [9.17, 15) is 24.3 Å². The number of nitrogens with one attached hydrogen (secondary N) is 1. The van der Waals surface area contributed by atoms with Gasteiger partial charge in [-0.25, -0.2) is 14.5 Å². The maximum atomic E-state index is 13.1.